The van der Waals surface area contributed by atoms with Crippen LogP contribution in [0.5, 0.6) is 11.5 Å². The maximum absolute atomic E-state index is 16.5. The molecule has 60 heavy (non-hydrogen) atoms. The molecule has 2 bridgehead atoms. The molecule has 0 radical (unpaired) electrons. The molecule has 3 saturated heterocycles. The molecule has 3 aromatic heterocycles. The average Bonchev–Trinajstić information content (AvgIpc) is 3.89. The van der Waals surface area contributed by atoms with Gasteiger partial charge in [-0.1, -0.05) is 12.1 Å². The Hall–Kier alpha value is -4.87. The molecule has 5 aromatic rings. The van der Waals surface area contributed by atoms with E-state index in [4.69, 9.17) is 42.8 Å². The monoisotopic (exact) mass is 895 g/mol. The number of nitrogens with two attached hydrogens (primary N) is 1. The van der Waals surface area contributed by atoms with Gasteiger partial charge < -0.3 is 29.6 Å². The van der Waals surface area contributed by atoms with Gasteiger partial charge in [0.25, 0.3) is 5.56 Å². The lowest BCUT2D eigenvalue weighted by Crippen LogP contribution is -2.36. The normalized spacial score (nSPS) is 30.8. The topological polar surface area (TPSA) is 270 Å². The third-order valence-electron chi connectivity index (χ3n) is 9.47. The molecule has 2 aromatic carbocycles. The first-order valence-corrected chi connectivity index (χ1v) is 22.4. The van der Waals surface area contributed by atoms with Gasteiger partial charge in [0.2, 0.25) is 0 Å². The predicted molar refractivity (Wildman–Crippen MR) is 203 cm³/mol. The standard InChI is InChI=1S/C34H33F2N7O14P2S/c1-50-19-8-4-18(5-9-19)33(45)53-20-6-2-17(3-7-20)14-60-59(49)52-13-22-27(25(36)31(55-22)42-11-10-23(44)41-34(42)46)56-58(47,48)51-12-21-24(35)28(57-59)32(54-21)43-16-40-26-29(37)38-15-39-30(26)43/h2-11,15-16,21-22,24-25,27-28,31-32H,12-14H2,1H3,(H,47,48)(H2,37,38,39)(H,41,44,46)/t21-,22-,24-,25-,27-,28-,31-,32-,59?/m1/s1. The third-order valence-corrected chi connectivity index (χ3v) is 14.1. The highest BCUT2D eigenvalue weighted by molar-refractivity contribution is 8.54. The number of nitrogens with zero attached hydrogens (tertiary/aromatic N) is 5. The molecule has 3 aliphatic heterocycles. The quantitative estimate of drug-likeness (QED) is 0.114. The summed E-state index contributed by atoms with van der Waals surface area (Å²) < 4.78 is 107. The molecule has 0 aliphatic carbocycles. The number of aromatic amines is 1. The number of carbonyl (C=O) groups is 1. The minimum Gasteiger partial charge on any atom is -0.497 e. The van der Waals surface area contributed by atoms with Crippen LogP contribution in [0.3, 0.4) is 0 Å². The van der Waals surface area contributed by atoms with E-state index in [1.807, 2.05) is 4.98 Å². The van der Waals surface area contributed by atoms with E-state index in [2.05, 4.69) is 15.0 Å². The van der Waals surface area contributed by atoms with Crippen LogP contribution >= 0.6 is 26.0 Å². The van der Waals surface area contributed by atoms with Gasteiger partial charge in [0, 0.05) is 18.0 Å². The van der Waals surface area contributed by atoms with Crippen LogP contribution in [0.25, 0.3) is 11.2 Å². The van der Waals surface area contributed by atoms with Gasteiger partial charge in [0.15, 0.2) is 36.3 Å². The number of ether oxygens (including phenoxy) is 4. The van der Waals surface area contributed by atoms with Crippen LogP contribution in [0.2, 0.25) is 0 Å². The van der Waals surface area contributed by atoms with E-state index in [0.717, 1.165) is 18.6 Å². The van der Waals surface area contributed by atoms with Crippen molar-refractivity contribution in [2.75, 3.05) is 26.1 Å². The van der Waals surface area contributed by atoms with Crippen molar-refractivity contribution in [3.8, 4) is 11.5 Å². The van der Waals surface area contributed by atoms with E-state index in [1.54, 1.807) is 24.3 Å². The number of halogens is 2. The molecule has 6 heterocycles. The lowest BCUT2D eigenvalue weighted by atomic mass is 10.1. The Morgan fingerprint density at radius 1 is 0.917 bits per heavy atom. The minimum atomic E-state index is -5.28. The average molecular weight is 896 g/mol. The van der Waals surface area contributed by atoms with Crippen molar-refractivity contribution >= 4 is 49.0 Å². The van der Waals surface area contributed by atoms with E-state index in [1.165, 1.54) is 42.3 Å². The maximum Gasteiger partial charge on any atom is 0.472 e. The van der Waals surface area contributed by atoms with Gasteiger partial charge in [0.1, 0.15) is 47.8 Å². The summed E-state index contributed by atoms with van der Waals surface area (Å²) in [6, 6.07) is 13.3. The number of methoxy groups -OCH3 is 1. The number of nitrogen functional groups attached to an aromatic ring is 1. The SMILES string of the molecule is COc1ccc(C(=O)Oc2ccc(CSP3(=O)OC[C@H]4O[C@@H](n5ccc(=O)[nH]c5=O)[C@H](F)[C@@H]4OP(=O)(O)OC[C@H]4O[C@@H](n5cnc6c(N)ncnc65)[C@H](O3)[C@@H]4F)cc2)cc1. The molecule has 3 aliphatic rings. The fourth-order valence-corrected chi connectivity index (χ4v) is 10.8. The van der Waals surface area contributed by atoms with Crippen molar-refractivity contribution in [3.63, 3.8) is 0 Å². The molecule has 0 spiro atoms. The number of hydrogen-bond acceptors (Lipinski definition) is 18. The maximum atomic E-state index is 16.5. The second-order valence-electron chi connectivity index (χ2n) is 13.3. The predicted octanol–water partition coefficient (Wildman–Crippen LogP) is 3.62. The van der Waals surface area contributed by atoms with Crippen LogP contribution in [-0.4, -0.2) is 97.0 Å². The smallest absolute Gasteiger partial charge is 0.472 e. The highest BCUT2D eigenvalue weighted by Crippen LogP contribution is 2.65. The highest BCUT2D eigenvalue weighted by Gasteiger charge is 2.55. The number of rotatable bonds is 8. The molecule has 3 fully saturated rings. The van der Waals surface area contributed by atoms with E-state index < -0.39 is 94.3 Å². The number of carbonyl (C=O) groups excluding carboxylic acids is 1. The number of H-pyrrole nitrogens is 1. The molecule has 8 rings (SSSR count). The third kappa shape index (κ3) is 8.66. The lowest BCUT2D eigenvalue weighted by Gasteiger charge is -2.27. The van der Waals surface area contributed by atoms with Gasteiger partial charge >= 0.3 is 26.3 Å². The number of benzene rings is 2. The minimum absolute atomic E-state index is 0.0165. The number of phosphoric acid groups is 1. The largest absolute Gasteiger partial charge is 0.497 e. The summed E-state index contributed by atoms with van der Waals surface area (Å²) in [7, 11) is -3.78. The number of hydrogen-bond donors (Lipinski definition) is 3. The van der Waals surface area contributed by atoms with Crippen molar-refractivity contribution in [3.05, 3.63) is 105 Å². The van der Waals surface area contributed by atoms with Gasteiger partial charge in [-0.05, 0) is 53.3 Å². The van der Waals surface area contributed by atoms with Gasteiger partial charge in [0.05, 0.1) is 32.2 Å². The number of nitrogens with one attached hydrogen (secondary N) is 1. The van der Waals surface area contributed by atoms with Gasteiger partial charge in [-0.2, -0.15) is 0 Å². The Kier molecular flexibility index (Phi) is 11.8. The number of phosphoric ester groups is 1. The molecule has 2 unspecified atom stereocenters. The van der Waals surface area contributed by atoms with E-state index in [0.29, 0.717) is 27.3 Å². The van der Waals surface area contributed by atoms with Crippen LogP contribution in [0.4, 0.5) is 14.6 Å². The molecule has 0 saturated carbocycles. The van der Waals surface area contributed by atoms with Gasteiger partial charge in [-0.3, -0.25) is 37.0 Å². The summed E-state index contributed by atoms with van der Waals surface area (Å²) >= 11 is 0.588. The molecule has 21 nitrogen and oxygen atoms in total. The second kappa shape index (κ2) is 16.9. The first kappa shape index (κ1) is 41.8. The van der Waals surface area contributed by atoms with Crippen LogP contribution in [0.15, 0.2) is 83.0 Å². The summed E-state index contributed by atoms with van der Waals surface area (Å²) in [6.07, 6.45) is -11.8. The van der Waals surface area contributed by atoms with Crippen molar-refractivity contribution in [2.45, 2.75) is 55.0 Å². The Morgan fingerprint density at radius 3 is 2.37 bits per heavy atom. The first-order chi connectivity index (χ1) is 28.7. The zero-order valence-corrected chi connectivity index (χ0v) is 33.4. The van der Waals surface area contributed by atoms with Gasteiger partial charge in [-0.15, -0.1) is 0 Å². The van der Waals surface area contributed by atoms with Crippen LogP contribution in [0.1, 0.15) is 28.4 Å². The molecule has 318 valence electrons. The second-order valence-corrected chi connectivity index (χ2v) is 18.7. The van der Waals surface area contributed by atoms with Crippen LogP contribution < -0.4 is 26.5 Å². The summed E-state index contributed by atoms with van der Waals surface area (Å²) in [6.45, 7) is -6.50. The summed E-state index contributed by atoms with van der Waals surface area (Å²) in [5.41, 5.74) is 5.05. The Labute approximate surface area is 339 Å². The highest BCUT2D eigenvalue weighted by atomic mass is 32.7. The van der Waals surface area contributed by atoms with Crippen molar-refractivity contribution in [1.82, 2.24) is 29.1 Å². The zero-order valence-electron chi connectivity index (χ0n) is 30.8. The number of esters is 1. The number of aromatic nitrogens is 6. The van der Waals surface area contributed by atoms with Crippen molar-refractivity contribution in [2.24, 2.45) is 0 Å². The molecular formula is C34H33F2N7O14P2S. The molecule has 10 atom stereocenters. The summed E-state index contributed by atoms with van der Waals surface area (Å²) in [5, 5.41) is 0. The van der Waals surface area contributed by atoms with Crippen molar-refractivity contribution < 1.29 is 64.6 Å². The lowest BCUT2D eigenvalue weighted by molar-refractivity contribution is -0.0620. The number of fused-ring (bicyclic) bond motifs is 4. The van der Waals surface area contributed by atoms with Crippen LogP contribution in [-0.2, 0) is 42.5 Å². The fourth-order valence-electron chi connectivity index (χ4n) is 6.49. The number of imidazole rings is 1. The van der Waals surface area contributed by atoms with E-state index in [9.17, 15) is 28.4 Å². The summed E-state index contributed by atoms with van der Waals surface area (Å²) in [4.78, 5) is 61.9. The van der Waals surface area contributed by atoms with Crippen molar-refractivity contribution in [1.29, 1.82) is 0 Å². The molecule has 0 amide bonds. The van der Waals surface area contributed by atoms with E-state index >= 15 is 8.78 Å². The fraction of sp³-hybridized carbons (Fsp3) is 0.353. The first-order valence-electron chi connectivity index (χ1n) is 17.7. The zero-order chi connectivity index (χ0) is 42.3. The number of alkyl halides is 2. The Bertz CT molecular complexity index is 2600. The Morgan fingerprint density at radius 2 is 1.63 bits per heavy atom. The summed E-state index contributed by atoms with van der Waals surface area (Å²) in [5.74, 6) is -0.0357. The van der Waals surface area contributed by atoms with E-state index in [-0.39, 0.29) is 34.0 Å². The number of anilines is 1. The molecule has 4 N–H and O–H groups in total. The Balaban J connectivity index is 1.09. The molecular weight excluding hydrogens is 862 g/mol. The van der Waals surface area contributed by atoms with Crippen LogP contribution in [0, 0.1) is 0 Å². The molecule has 26 heteroatoms. The van der Waals surface area contributed by atoms with Gasteiger partial charge in [-0.25, -0.2) is 42.5 Å².